The van der Waals surface area contributed by atoms with Crippen LogP contribution in [0.25, 0.3) is 10.8 Å². The molecule has 0 aliphatic heterocycles. The zero-order valence-corrected chi connectivity index (χ0v) is 16.9. The molecule has 0 spiro atoms. The Hall–Kier alpha value is -2.96. The zero-order chi connectivity index (χ0) is 20.8. The lowest BCUT2D eigenvalue weighted by Gasteiger charge is -2.14. The molecule has 0 fully saturated rings. The number of carbonyl (C=O) groups excluding carboxylic acids is 2. The molecule has 0 radical (unpaired) electrons. The van der Waals surface area contributed by atoms with Crippen molar-refractivity contribution in [1.82, 2.24) is 15.1 Å². The van der Waals surface area contributed by atoms with Crippen molar-refractivity contribution in [3.63, 3.8) is 0 Å². The highest BCUT2D eigenvalue weighted by Crippen LogP contribution is 2.19. The fourth-order valence-corrected chi connectivity index (χ4v) is 3.45. The van der Waals surface area contributed by atoms with Crippen LogP contribution < -0.4 is 10.9 Å². The Kier molecular flexibility index (Phi) is 6.80. The number of ether oxygens (including phenoxy) is 1. The van der Waals surface area contributed by atoms with Crippen LogP contribution in [0.2, 0.25) is 0 Å². The zero-order valence-electron chi connectivity index (χ0n) is 16.9. The highest BCUT2D eigenvalue weighted by Gasteiger charge is 2.19. The van der Waals surface area contributed by atoms with Gasteiger partial charge in [0.25, 0.3) is 11.5 Å². The number of aromatic nitrogens is 2. The summed E-state index contributed by atoms with van der Waals surface area (Å²) in [6, 6.07) is 6.56. The second kappa shape index (κ2) is 9.49. The second-order valence-corrected chi connectivity index (χ2v) is 7.52. The minimum Gasteiger partial charge on any atom is -0.451 e. The lowest BCUT2D eigenvalue weighted by molar-refractivity contribution is -0.124. The molecule has 0 unspecified atom stereocenters. The smallest absolute Gasteiger partial charge is 0.359 e. The van der Waals surface area contributed by atoms with Crippen molar-refractivity contribution in [3.05, 3.63) is 52.0 Å². The molecular formula is C22H27N3O4. The molecule has 7 heteroatoms. The predicted octanol–water partition coefficient (Wildman–Crippen LogP) is 3.14. The van der Waals surface area contributed by atoms with E-state index in [1.165, 1.54) is 23.1 Å². The number of nitrogens with zero attached hydrogens (tertiary/aromatic N) is 2. The van der Waals surface area contributed by atoms with Crippen LogP contribution in [0.4, 0.5) is 0 Å². The van der Waals surface area contributed by atoms with Crippen molar-refractivity contribution < 1.29 is 14.3 Å². The van der Waals surface area contributed by atoms with Crippen LogP contribution in [0.3, 0.4) is 0 Å². The van der Waals surface area contributed by atoms with Crippen LogP contribution in [0, 0.1) is 0 Å². The Bertz CT molecular complexity index is 991. The molecule has 1 aliphatic rings. The first-order valence-corrected chi connectivity index (χ1v) is 10.1. The summed E-state index contributed by atoms with van der Waals surface area (Å²) in [5, 5.41) is 7.79. The molecule has 0 bridgehead atoms. The number of hydrogen-bond acceptors (Lipinski definition) is 5. The van der Waals surface area contributed by atoms with Gasteiger partial charge in [-0.1, -0.05) is 29.8 Å². The topological polar surface area (TPSA) is 90.3 Å². The molecule has 0 atom stereocenters. The average molecular weight is 397 g/mol. The van der Waals surface area contributed by atoms with E-state index in [2.05, 4.69) is 16.5 Å². The Morgan fingerprint density at radius 2 is 1.97 bits per heavy atom. The minimum atomic E-state index is -0.722. The SMILES string of the molecule is CC(C)n1nc(C(=O)OCC(=O)NCCC2=CCCCC2)c2ccccc2c1=O. The summed E-state index contributed by atoms with van der Waals surface area (Å²) in [4.78, 5) is 37.2. The maximum atomic E-state index is 12.6. The van der Waals surface area contributed by atoms with Gasteiger partial charge in [-0.15, -0.1) is 0 Å². The summed E-state index contributed by atoms with van der Waals surface area (Å²) in [6.45, 7) is 3.78. The Balaban J connectivity index is 1.64. The van der Waals surface area contributed by atoms with Gasteiger partial charge in [0.2, 0.25) is 0 Å². The Morgan fingerprint density at radius 1 is 1.21 bits per heavy atom. The number of esters is 1. The summed E-state index contributed by atoms with van der Waals surface area (Å²) in [5.74, 6) is -1.07. The number of benzene rings is 1. The Labute approximate surface area is 169 Å². The number of nitrogens with one attached hydrogen (secondary N) is 1. The van der Waals surface area contributed by atoms with E-state index in [4.69, 9.17) is 4.74 Å². The van der Waals surface area contributed by atoms with Gasteiger partial charge in [-0.25, -0.2) is 9.48 Å². The maximum Gasteiger partial charge on any atom is 0.359 e. The molecule has 29 heavy (non-hydrogen) atoms. The van der Waals surface area contributed by atoms with Gasteiger partial charge in [0, 0.05) is 11.9 Å². The third kappa shape index (κ3) is 5.10. The molecule has 1 amide bonds. The molecule has 1 aliphatic carbocycles. The van der Waals surface area contributed by atoms with Crippen molar-refractivity contribution in [2.24, 2.45) is 0 Å². The fraction of sp³-hybridized carbons (Fsp3) is 0.455. The van der Waals surface area contributed by atoms with E-state index in [1.807, 2.05) is 13.8 Å². The summed E-state index contributed by atoms with van der Waals surface area (Å²) in [5.41, 5.74) is 1.15. The summed E-state index contributed by atoms with van der Waals surface area (Å²) >= 11 is 0. The minimum absolute atomic E-state index is 0.0362. The van der Waals surface area contributed by atoms with E-state index < -0.39 is 5.97 Å². The highest BCUT2D eigenvalue weighted by molar-refractivity contribution is 6.02. The molecule has 2 aromatic rings. The first-order valence-electron chi connectivity index (χ1n) is 10.1. The summed E-state index contributed by atoms with van der Waals surface area (Å²) in [6.07, 6.45) is 7.71. The van der Waals surface area contributed by atoms with Crippen molar-refractivity contribution in [1.29, 1.82) is 0 Å². The number of amides is 1. The number of carbonyl (C=O) groups is 2. The van der Waals surface area contributed by atoms with Crippen LogP contribution in [0.1, 0.15) is 62.5 Å². The van der Waals surface area contributed by atoms with Crippen molar-refractivity contribution in [3.8, 4) is 0 Å². The molecule has 1 aromatic heterocycles. The predicted molar refractivity (Wildman–Crippen MR) is 111 cm³/mol. The Morgan fingerprint density at radius 3 is 2.66 bits per heavy atom. The van der Waals surface area contributed by atoms with Gasteiger partial charge < -0.3 is 10.1 Å². The number of hydrogen-bond donors (Lipinski definition) is 1. The molecular weight excluding hydrogens is 370 g/mol. The summed E-state index contributed by atoms with van der Waals surface area (Å²) in [7, 11) is 0. The van der Waals surface area contributed by atoms with Crippen molar-refractivity contribution in [2.75, 3.05) is 13.2 Å². The molecule has 1 heterocycles. The number of fused-ring (bicyclic) bond motifs is 1. The lowest BCUT2D eigenvalue weighted by atomic mass is 9.97. The first-order chi connectivity index (χ1) is 14.0. The van der Waals surface area contributed by atoms with Gasteiger partial charge >= 0.3 is 5.97 Å². The highest BCUT2D eigenvalue weighted by atomic mass is 16.5. The van der Waals surface area contributed by atoms with E-state index >= 15 is 0 Å². The van der Waals surface area contributed by atoms with Gasteiger partial charge in [-0.2, -0.15) is 5.10 Å². The van der Waals surface area contributed by atoms with E-state index in [9.17, 15) is 14.4 Å². The monoisotopic (exact) mass is 397 g/mol. The van der Waals surface area contributed by atoms with Crippen LogP contribution in [-0.2, 0) is 9.53 Å². The molecule has 1 N–H and O–H groups in total. The largest absolute Gasteiger partial charge is 0.451 e. The molecule has 7 nitrogen and oxygen atoms in total. The van der Waals surface area contributed by atoms with E-state index in [0.717, 1.165) is 19.3 Å². The van der Waals surface area contributed by atoms with Crippen LogP contribution in [0.5, 0.6) is 0 Å². The summed E-state index contributed by atoms with van der Waals surface area (Å²) < 4.78 is 6.43. The van der Waals surface area contributed by atoms with Crippen LogP contribution in [-0.4, -0.2) is 34.8 Å². The second-order valence-electron chi connectivity index (χ2n) is 7.52. The van der Waals surface area contributed by atoms with Gasteiger partial charge in [0.15, 0.2) is 12.3 Å². The van der Waals surface area contributed by atoms with Crippen molar-refractivity contribution >= 4 is 22.6 Å². The van der Waals surface area contributed by atoms with Crippen molar-refractivity contribution in [2.45, 2.75) is 52.0 Å². The van der Waals surface area contributed by atoms with E-state index in [0.29, 0.717) is 17.3 Å². The molecule has 1 aromatic carbocycles. The maximum absolute atomic E-state index is 12.6. The van der Waals surface area contributed by atoms with Crippen LogP contribution >= 0.6 is 0 Å². The molecule has 154 valence electrons. The number of allylic oxidation sites excluding steroid dienone is 1. The first kappa shape index (κ1) is 20.8. The normalized spacial score (nSPS) is 14.0. The molecule has 0 saturated carbocycles. The van der Waals surface area contributed by atoms with Gasteiger partial charge in [0.05, 0.1) is 11.4 Å². The van der Waals surface area contributed by atoms with Gasteiger partial charge in [-0.05, 0) is 52.0 Å². The number of rotatable bonds is 7. The van der Waals surface area contributed by atoms with Crippen LogP contribution in [0.15, 0.2) is 40.7 Å². The standard InChI is InChI=1S/C22H27N3O4/c1-15(2)25-21(27)18-11-7-6-10-17(18)20(24-25)22(28)29-14-19(26)23-13-12-16-8-4-3-5-9-16/h6-8,10-11,15H,3-5,9,12-14H2,1-2H3,(H,23,26). The fourth-order valence-electron chi connectivity index (χ4n) is 3.45. The average Bonchev–Trinajstić information content (AvgIpc) is 2.73. The molecule has 0 saturated heterocycles. The molecule has 3 rings (SSSR count). The van der Waals surface area contributed by atoms with Gasteiger partial charge in [0.1, 0.15) is 0 Å². The van der Waals surface area contributed by atoms with Gasteiger partial charge in [-0.3, -0.25) is 9.59 Å². The third-order valence-electron chi connectivity index (χ3n) is 5.00. The van der Waals surface area contributed by atoms with E-state index in [-0.39, 0.29) is 29.8 Å². The lowest BCUT2D eigenvalue weighted by Crippen LogP contribution is -2.31. The van der Waals surface area contributed by atoms with E-state index in [1.54, 1.807) is 24.3 Å². The quantitative estimate of drug-likeness (QED) is 0.573. The third-order valence-corrected chi connectivity index (χ3v) is 5.00.